The lowest BCUT2D eigenvalue weighted by Gasteiger charge is -1.95. The first-order valence-electron chi connectivity index (χ1n) is 4.88. The molecule has 0 aliphatic carbocycles. The molecule has 3 rings (SSSR count). The molecule has 0 spiro atoms. The molecule has 0 N–H and O–H groups in total. The van der Waals surface area contributed by atoms with E-state index in [1.165, 1.54) is 0 Å². The molecule has 0 unspecified atom stereocenters. The number of hydrogen-bond acceptors (Lipinski definition) is 1. The van der Waals surface area contributed by atoms with Gasteiger partial charge in [-0.15, -0.1) is 0 Å². The molecule has 0 aliphatic heterocycles. The van der Waals surface area contributed by atoms with Crippen molar-refractivity contribution in [3.8, 4) is 11.5 Å². The van der Waals surface area contributed by atoms with E-state index in [2.05, 4.69) is 16.5 Å². The minimum Gasteiger partial charge on any atom is -1.00 e. The molecule has 3 heterocycles. The maximum atomic E-state index is 5.41. The van der Waals surface area contributed by atoms with Crippen LogP contribution in [0.25, 0.3) is 17.0 Å². The second-order valence-electron chi connectivity index (χ2n) is 3.38. The average Bonchev–Trinajstić information content (AvgIpc) is 2.82. The second kappa shape index (κ2) is 4.49. The Morgan fingerprint density at radius 1 is 0.875 bits per heavy atom. The molecular weight excluding hydrogens is 266 g/mol. The fourth-order valence-corrected chi connectivity index (χ4v) is 1.75. The van der Waals surface area contributed by atoms with Crippen LogP contribution in [0.3, 0.4) is 0 Å². The third-order valence-electron chi connectivity index (χ3n) is 2.45. The fraction of sp³-hybridized carbons (Fsp3) is 0. The largest absolute Gasteiger partial charge is 1.00 e. The summed E-state index contributed by atoms with van der Waals surface area (Å²) in [7, 11) is 0. The van der Waals surface area contributed by atoms with Gasteiger partial charge in [0.2, 0.25) is 5.52 Å². The highest BCUT2D eigenvalue weighted by molar-refractivity contribution is 5.51. The van der Waals surface area contributed by atoms with Gasteiger partial charge in [0.25, 0.3) is 5.69 Å². The van der Waals surface area contributed by atoms with Gasteiger partial charge in [0.05, 0.1) is 6.26 Å². The van der Waals surface area contributed by atoms with Crippen LogP contribution in [0.1, 0.15) is 0 Å². The molecule has 0 bridgehead atoms. The van der Waals surface area contributed by atoms with Crippen molar-refractivity contribution in [1.82, 2.24) is 0 Å². The van der Waals surface area contributed by atoms with E-state index in [4.69, 9.17) is 4.42 Å². The molecule has 0 fully saturated rings. The van der Waals surface area contributed by atoms with Gasteiger partial charge in [0.15, 0.2) is 12.0 Å². The van der Waals surface area contributed by atoms with Crippen LogP contribution in [-0.2, 0) is 0 Å². The van der Waals surface area contributed by atoms with E-state index in [0.717, 1.165) is 17.0 Å². The Hall–Kier alpha value is -1.61. The van der Waals surface area contributed by atoms with E-state index < -0.39 is 0 Å². The summed E-state index contributed by atoms with van der Waals surface area (Å²) in [5.74, 6) is 0.886. The molecule has 0 atom stereocenters. The van der Waals surface area contributed by atoms with Gasteiger partial charge >= 0.3 is 0 Å². The lowest BCUT2D eigenvalue weighted by molar-refractivity contribution is -0.500. The zero-order valence-electron chi connectivity index (χ0n) is 8.51. The molecule has 2 nitrogen and oxygen atoms in total. The highest BCUT2D eigenvalue weighted by Gasteiger charge is 2.12. The molecule has 0 aromatic carbocycles. The van der Waals surface area contributed by atoms with Crippen LogP contribution in [0, 0.1) is 0 Å². The maximum absolute atomic E-state index is 5.41. The predicted molar refractivity (Wildman–Crippen MR) is 57.3 cm³/mol. The third kappa shape index (κ3) is 1.74. The number of hydrogen-bond donors (Lipinski definition) is 0. The van der Waals surface area contributed by atoms with Crippen molar-refractivity contribution in [3.05, 3.63) is 61.0 Å². The summed E-state index contributed by atoms with van der Waals surface area (Å²) in [5.41, 5.74) is 2.23. The van der Waals surface area contributed by atoms with E-state index in [1.807, 2.05) is 42.6 Å². The summed E-state index contributed by atoms with van der Waals surface area (Å²) in [6.45, 7) is 0. The average molecular weight is 276 g/mol. The second-order valence-corrected chi connectivity index (χ2v) is 3.38. The molecule has 0 aliphatic rings. The van der Waals surface area contributed by atoms with Crippen LogP contribution in [0.4, 0.5) is 0 Å². The fourth-order valence-electron chi connectivity index (χ4n) is 1.75. The van der Waals surface area contributed by atoms with Crippen molar-refractivity contribution < 1.29 is 25.8 Å². The monoisotopic (exact) mass is 275 g/mol. The van der Waals surface area contributed by atoms with Crippen LogP contribution < -0.4 is 21.4 Å². The molecule has 3 aromatic rings. The molecule has 3 heteroatoms. The quantitative estimate of drug-likeness (QED) is 0.557. The van der Waals surface area contributed by atoms with Crippen LogP contribution in [0.2, 0.25) is 0 Å². The SMILES string of the molecule is [Br-].c1coc(-c2cccc3cccc[n+]23)c1. The lowest BCUT2D eigenvalue weighted by Crippen LogP contribution is -3.00. The molecule has 0 radical (unpaired) electrons. The Balaban J connectivity index is 0.000000963. The number of halogens is 1. The number of fused-ring (bicyclic) bond motifs is 1. The summed E-state index contributed by atoms with van der Waals surface area (Å²) < 4.78 is 7.52. The van der Waals surface area contributed by atoms with Crippen molar-refractivity contribution >= 4 is 5.52 Å². The molecule has 0 saturated carbocycles. The van der Waals surface area contributed by atoms with Gasteiger partial charge in [0.1, 0.15) is 0 Å². The lowest BCUT2D eigenvalue weighted by atomic mass is 10.2. The number of furan rings is 1. The zero-order chi connectivity index (χ0) is 10.1. The molecular formula is C13H10BrNO. The third-order valence-corrected chi connectivity index (χ3v) is 2.45. The highest BCUT2D eigenvalue weighted by Crippen LogP contribution is 2.15. The van der Waals surface area contributed by atoms with Crippen molar-refractivity contribution in [1.29, 1.82) is 0 Å². The molecule has 0 saturated heterocycles. The minimum atomic E-state index is 0. The first kappa shape index (κ1) is 10.9. The standard InChI is InChI=1S/C13H10NO.BrH/c1-2-9-14-11(5-1)6-3-7-12(14)13-8-4-10-15-13;/h1-10H;1H/q+1;/p-1. The van der Waals surface area contributed by atoms with Crippen molar-refractivity contribution in [3.63, 3.8) is 0 Å². The Bertz CT molecular complexity index is 584. The number of rotatable bonds is 1. The van der Waals surface area contributed by atoms with Gasteiger partial charge in [0, 0.05) is 24.3 Å². The Labute approximate surface area is 104 Å². The van der Waals surface area contributed by atoms with Gasteiger partial charge in [-0.2, -0.15) is 4.40 Å². The van der Waals surface area contributed by atoms with E-state index in [9.17, 15) is 0 Å². The Morgan fingerprint density at radius 2 is 1.75 bits per heavy atom. The minimum absolute atomic E-state index is 0. The van der Waals surface area contributed by atoms with Gasteiger partial charge in [-0.1, -0.05) is 0 Å². The summed E-state index contributed by atoms with van der Waals surface area (Å²) in [5, 5.41) is 0. The molecule has 0 amide bonds. The van der Waals surface area contributed by atoms with Crippen LogP contribution in [0.15, 0.2) is 65.4 Å². The summed E-state index contributed by atoms with van der Waals surface area (Å²) in [4.78, 5) is 0. The van der Waals surface area contributed by atoms with E-state index in [-0.39, 0.29) is 17.0 Å². The van der Waals surface area contributed by atoms with Crippen molar-refractivity contribution in [2.24, 2.45) is 0 Å². The normalized spacial score (nSPS) is 10.0. The zero-order valence-corrected chi connectivity index (χ0v) is 10.1. The van der Waals surface area contributed by atoms with Gasteiger partial charge in [-0.05, 0) is 24.3 Å². The van der Waals surface area contributed by atoms with Gasteiger partial charge in [-0.3, -0.25) is 0 Å². The summed E-state index contributed by atoms with van der Waals surface area (Å²) in [6, 6.07) is 16.1. The molecule has 16 heavy (non-hydrogen) atoms. The van der Waals surface area contributed by atoms with E-state index in [1.54, 1.807) is 6.26 Å². The van der Waals surface area contributed by atoms with Crippen LogP contribution in [0.5, 0.6) is 0 Å². The highest BCUT2D eigenvalue weighted by atomic mass is 79.9. The smallest absolute Gasteiger partial charge is 0.254 e. The number of pyridine rings is 2. The summed E-state index contributed by atoms with van der Waals surface area (Å²) >= 11 is 0. The first-order chi connectivity index (χ1) is 7.45. The van der Waals surface area contributed by atoms with E-state index >= 15 is 0 Å². The summed E-state index contributed by atoms with van der Waals surface area (Å²) in [6.07, 6.45) is 3.73. The Morgan fingerprint density at radius 3 is 2.56 bits per heavy atom. The van der Waals surface area contributed by atoms with Crippen LogP contribution in [-0.4, -0.2) is 0 Å². The van der Waals surface area contributed by atoms with Gasteiger partial charge in [-0.25, -0.2) is 0 Å². The van der Waals surface area contributed by atoms with Gasteiger partial charge < -0.3 is 21.4 Å². The maximum Gasteiger partial charge on any atom is 0.254 e. The molecule has 3 aromatic heterocycles. The Kier molecular flexibility index (Phi) is 3.06. The van der Waals surface area contributed by atoms with E-state index in [0.29, 0.717) is 0 Å². The predicted octanol–water partition coefficient (Wildman–Crippen LogP) is -0.311. The van der Waals surface area contributed by atoms with Crippen molar-refractivity contribution in [2.45, 2.75) is 0 Å². The van der Waals surface area contributed by atoms with Crippen molar-refractivity contribution in [2.75, 3.05) is 0 Å². The number of nitrogens with zero attached hydrogens (tertiary/aromatic N) is 1. The topological polar surface area (TPSA) is 17.2 Å². The van der Waals surface area contributed by atoms with Crippen LogP contribution >= 0.6 is 0 Å². The number of aromatic nitrogens is 1. The molecule has 80 valence electrons. The first-order valence-corrected chi connectivity index (χ1v) is 4.88.